The van der Waals surface area contributed by atoms with Crippen LogP contribution in [0.2, 0.25) is 0 Å². The van der Waals surface area contributed by atoms with Crippen LogP contribution in [0.15, 0.2) is 47.6 Å². The summed E-state index contributed by atoms with van der Waals surface area (Å²) >= 11 is 0. The van der Waals surface area contributed by atoms with Gasteiger partial charge in [0.15, 0.2) is 5.96 Å². The summed E-state index contributed by atoms with van der Waals surface area (Å²) in [4.78, 5) is 8.52. The lowest BCUT2D eigenvalue weighted by Crippen LogP contribution is -2.40. The van der Waals surface area contributed by atoms with Crippen LogP contribution in [0.1, 0.15) is 16.8 Å². The molecule has 5 nitrogen and oxygen atoms in total. The van der Waals surface area contributed by atoms with Gasteiger partial charge in [-0.1, -0.05) is 24.3 Å². The van der Waals surface area contributed by atoms with E-state index in [0.717, 1.165) is 41.5 Å². The fourth-order valence-electron chi connectivity index (χ4n) is 2.42. The highest BCUT2D eigenvalue weighted by atomic mass is 127. The molecule has 2 N–H and O–H groups in total. The van der Waals surface area contributed by atoms with Crippen molar-refractivity contribution in [1.29, 1.82) is 0 Å². The molecule has 136 valence electrons. The zero-order chi connectivity index (χ0) is 17.2. The predicted molar refractivity (Wildman–Crippen MR) is 114 cm³/mol. The molecule has 0 unspecified atom stereocenters. The summed E-state index contributed by atoms with van der Waals surface area (Å²) < 4.78 is 5.88. The number of guanidine groups is 1. The van der Waals surface area contributed by atoms with E-state index in [-0.39, 0.29) is 24.0 Å². The molecule has 1 heterocycles. The molecule has 0 aliphatic carbocycles. The average Bonchev–Trinajstić information content (AvgIpc) is 2.60. The van der Waals surface area contributed by atoms with Gasteiger partial charge in [0.1, 0.15) is 12.4 Å². The van der Waals surface area contributed by atoms with E-state index in [9.17, 15) is 0 Å². The van der Waals surface area contributed by atoms with E-state index < -0.39 is 0 Å². The van der Waals surface area contributed by atoms with Crippen molar-refractivity contribution in [3.05, 3.63) is 59.4 Å². The number of halogens is 1. The lowest BCUT2D eigenvalue weighted by Gasteiger charge is -2.14. The van der Waals surface area contributed by atoms with Gasteiger partial charge in [0.05, 0.1) is 6.54 Å². The highest BCUT2D eigenvalue weighted by Crippen LogP contribution is 2.21. The number of benzene rings is 1. The Bertz CT molecular complexity index is 641. The number of nitrogens with one attached hydrogen (secondary N) is 2. The number of nitrogens with zero attached hydrogens (tertiary/aromatic N) is 2. The molecule has 0 saturated carbocycles. The third-order valence-corrected chi connectivity index (χ3v) is 3.67. The second kappa shape index (κ2) is 11.7. The first kappa shape index (κ1) is 21.2. The molecule has 25 heavy (non-hydrogen) atoms. The lowest BCUT2D eigenvalue weighted by molar-refractivity contribution is 0.317. The Morgan fingerprint density at radius 1 is 1.04 bits per heavy atom. The first-order valence-electron chi connectivity index (χ1n) is 8.24. The smallest absolute Gasteiger partial charge is 0.191 e. The van der Waals surface area contributed by atoms with Gasteiger partial charge < -0.3 is 15.4 Å². The molecular formula is C19H27IN4O. The minimum atomic E-state index is 0. The molecule has 0 atom stereocenters. The van der Waals surface area contributed by atoms with Crippen LogP contribution in [0.25, 0.3) is 0 Å². The van der Waals surface area contributed by atoms with Crippen LogP contribution >= 0.6 is 24.0 Å². The van der Waals surface area contributed by atoms with Crippen molar-refractivity contribution < 1.29 is 4.74 Å². The van der Waals surface area contributed by atoms with Crippen LogP contribution in [0.4, 0.5) is 0 Å². The quantitative estimate of drug-likeness (QED) is 0.292. The Labute approximate surface area is 167 Å². The van der Waals surface area contributed by atoms with Gasteiger partial charge in [0.2, 0.25) is 0 Å². The normalized spacial score (nSPS) is 10.8. The summed E-state index contributed by atoms with van der Waals surface area (Å²) in [6, 6.07) is 12.1. The lowest BCUT2D eigenvalue weighted by atomic mass is 10.1. The fraction of sp³-hybridized carbons (Fsp3) is 0.368. The molecule has 0 amide bonds. The van der Waals surface area contributed by atoms with Gasteiger partial charge in [0, 0.05) is 31.9 Å². The van der Waals surface area contributed by atoms with Gasteiger partial charge in [-0.25, -0.2) is 0 Å². The number of aryl methyl sites for hydroxylation is 2. The monoisotopic (exact) mass is 454 g/mol. The topological polar surface area (TPSA) is 58.5 Å². The number of ether oxygens (including phenoxy) is 1. The molecular weight excluding hydrogens is 427 g/mol. The van der Waals surface area contributed by atoms with E-state index in [1.165, 1.54) is 0 Å². The van der Waals surface area contributed by atoms with E-state index in [0.29, 0.717) is 13.2 Å². The van der Waals surface area contributed by atoms with E-state index in [4.69, 9.17) is 4.74 Å². The third-order valence-electron chi connectivity index (χ3n) is 3.67. The molecule has 0 fully saturated rings. The van der Waals surface area contributed by atoms with Gasteiger partial charge in [-0.2, -0.15) is 0 Å². The number of hydrogen-bond donors (Lipinski definition) is 2. The van der Waals surface area contributed by atoms with Gasteiger partial charge in [0.25, 0.3) is 0 Å². The number of pyridine rings is 1. The Balaban J connectivity index is 0.00000312. The highest BCUT2D eigenvalue weighted by molar-refractivity contribution is 14.0. The molecule has 0 saturated heterocycles. The van der Waals surface area contributed by atoms with Gasteiger partial charge >= 0.3 is 0 Å². The van der Waals surface area contributed by atoms with E-state index in [1.807, 2.05) is 30.5 Å². The largest absolute Gasteiger partial charge is 0.491 e. The van der Waals surface area contributed by atoms with Crippen LogP contribution in [-0.2, 0) is 6.42 Å². The molecule has 0 aliphatic rings. The first-order chi connectivity index (χ1) is 11.7. The molecule has 2 rings (SSSR count). The Morgan fingerprint density at radius 3 is 2.40 bits per heavy atom. The Morgan fingerprint density at radius 2 is 1.76 bits per heavy atom. The van der Waals surface area contributed by atoms with Crippen molar-refractivity contribution in [2.24, 2.45) is 4.99 Å². The summed E-state index contributed by atoms with van der Waals surface area (Å²) in [5.74, 6) is 1.74. The van der Waals surface area contributed by atoms with Crippen molar-refractivity contribution in [2.75, 3.05) is 26.7 Å². The predicted octanol–water partition coefficient (Wildman–Crippen LogP) is 3.10. The molecule has 0 radical (unpaired) electrons. The van der Waals surface area contributed by atoms with Gasteiger partial charge in [-0.15, -0.1) is 24.0 Å². The van der Waals surface area contributed by atoms with Crippen LogP contribution in [0.5, 0.6) is 5.75 Å². The number of para-hydroxylation sites is 1. The van der Waals surface area contributed by atoms with E-state index >= 15 is 0 Å². The summed E-state index contributed by atoms with van der Waals surface area (Å²) in [6.45, 7) is 6.19. The van der Waals surface area contributed by atoms with Gasteiger partial charge in [-0.3, -0.25) is 9.98 Å². The molecule has 1 aromatic heterocycles. The molecule has 2 aromatic rings. The number of aromatic nitrogens is 1. The zero-order valence-electron chi connectivity index (χ0n) is 15.1. The Hall–Kier alpha value is -1.83. The minimum Gasteiger partial charge on any atom is -0.491 e. The van der Waals surface area contributed by atoms with Crippen molar-refractivity contribution in [3.8, 4) is 5.75 Å². The number of rotatable bonds is 7. The van der Waals surface area contributed by atoms with Crippen LogP contribution in [0.3, 0.4) is 0 Å². The van der Waals surface area contributed by atoms with Crippen LogP contribution < -0.4 is 15.4 Å². The Kier molecular flexibility index (Phi) is 9.91. The zero-order valence-corrected chi connectivity index (χ0v) is 17.4. The van der Waals surface area contributed by atoms with E-state index in [1.54, 1.807) is 7.05 Å². The van der Waals surface area contributed by atoms with Crippen LogP contribution in [-0.4, -0.2) is 37.7 Å². The number of aliphatic imine (C=N–C) groups is 1. The second-order valence-corrected chi connectivity index (χ2v) is 5.57. The van der Waals surface area contributed by atoms with Crippen molar-refractivity contribution >= 4 is 29.9 Å². The summed E-state index contributed by atoms with van der Waals surface area (Å²) in [5, 5.41) is 6.54. The minimum absolute atomic E-state index is 0. The standard InChI is InChI=1S/C19H26N4O.HI/c1-15-7-6-8-16(2)18(15)24-14-13-23-19(20-3)22-12-10-17-9-4-5-11-21-17;/h4-9,11H,10,12-14H2,1-3H3,(H2,20,22,23);1H. The molecule has 1 aromatic carbocycles. The highest BCUT2D eigenvalue weighted by Gasteiger charge is 2.03. The third kappa shape index (κ3) is 7.29. The molecule has 0 spiro atoms. The maximum Gasteiger partial charge on any atom is 0.191 e. The maximum atomic E-state index is 5.88. The summed E-state index contributed by atoms with van der Waals surface area (Å²) in [7, 11) is 1.77. The fourth-order valence-corrected chi connectivity index (χ4v) is 2.42. The summed E-state index contributed by atoms with van der Waals surface area (Å²) in [5.41, 5.74) is 3.39. The van der Waals surface area contributed by atoms with Crippen molar-refractivity contribution in [3.63, 3.8) is 0 Å². The van der Waals surface area contributed by atoms with E-state index in [2.05, 4.69) is 46.6 Å². The molecule has 6 heteroatoms. The molecule has 0 bridgehead atoms. The SMILES string of the molecule is CN=C(NCCOc1c(C)cccc1C)NCCc1ccccn1.I. The van der Waals surface area contributed by atoms with Crippen LogP contribution in [0, 0.1) is 13.8 Å². The molecule has 0 aliphatic heterocycles. The van der Waals surface area contributed by atoms with Gasteiger partial charge in [-0.05, 0) is 37.1 Å². The maximum absolute atomic E-state index is 5.88. The number of hydrogen-bond acceptors (Lipinski definition) is 3. The van der Waals surface area contributed by atoms with Crippen molar-refractivity contribution in [2.45, 2.75) is 20.3 Å². The average molecular weight is 454 g/mol. The first-order valence-corrected chi connectivity index (χ1v) is 8.24. The second-order valence-electron chi connectivity index (χ2n) is 5.57. The summed E-state index contributed by atoms with van der Waals surface area (Å²) in [6.07, 6.45) is 2.67. The van der Waals surface area contributed by atoms with Crippen molar-refractivity contribution in [1.82, 2.24) is 15.6 Å².